The van der Waals surface area contributed by atoms with Crippen LogP contribution in [0, 0.1) is 5.92 Å². The summed E-state index contributed by atoms with van der Waals surface area (Å²) in [6.07, 6.45) is 31.6. The number of aliphatic hydroxyl groups excluding tert-OH is 1. The van der Waals surface area contributed by atoms with Crippen molar-refractivity contribution < 1.29 is 24.2 Å². The first-order valence-corrected chi connectivity index (χ1v) is 18.0. The van der Waals surface area contributed by atoms with E-state index in [0.29, 0.717) is 12.8 Å². The zero-order chi connectivity index (χ0) is 30.2. The summed E-state index contributed by atoms with van der Waals surface area (Å²) in [6, 6.07) is 0. The minimum atomic E-state index is -0.761. The summed E-state index contributed by atoms with van der Waals surface area (Å²) in [6.45, 7) is 6.48. The van der Waals surface area contributed by atoms with Gasteiger partial charge in [-0.3, -0.25) is 9.59 Å². The molecule has 0 saturated carbocycles. The Morgan fingerprint density at radius 1 is 0.537 bits per heavy atom. The lowest BCUT2D eigenvalue weighted by Crippen LogP contribution is -2.28. The third-order valence-electron chi connectivity index (χ3n) is 8.08. The molecule has 0 aromatic carbocycles. The Kier molecular flexibility index (Phi) is 31.0. The van der Waals surface area contributed by atoms with Gasteiger partial charge in [-0.2, -0.15) is 0 Å². The molecule has 41 heavy (non-hydrogen) atoms. The van der Waals surface area contributed by atoms with Crippen LogP contribution < -0.4 is 0 Å². The first-order valence-electron chi connectivity index (χ1n) is 18.0. The fourth-order valence-corrected chi connectivity index (χ4v) is 5.33. The van der Waals surface area contributed by atoms with Gasteiger partial charge in [0.05, 0.1) is 6.61 Å². The molecule has 0 bridgehead atoms. The van der Waals surface area contributed by atoms with Crippen molar-refractivity contribution in [2.24, 2.45) is 5.92 Å². The molecule has 0 unspecified atom stereocenters. The van der Waals surface area contributed by atoms with Crippen molar-refractivity contribution in [2.45, 2.75) is 200 Å². The van der Waals surface area contributed by atoms with Crippen LogP contribution in [0.2, 0.25) is 0 Å². The largest absolute Gasteiger partial charge is 0.462 e. The molecule has 0 rings (SSSR count). The Hall–Kier alpha value is -1.10. The number of carbonyl (C=O) groups excluding carboxylic acids is 2. The Morgan fingerprint density at radius 2 is 0.902 bits per heavy atom. The normalized spacial score (nSPS) is 12.1. The second-order valence-electron chi connectivity index (χ2n) is 12.8. The Bertz CT molecular complexity index is 562. The van der Waals surface area contributed by atoms with Crippen LogP contribution in [0.15, 0.2) is 0 Å². The third kappa shape index (κ3) is 31.7. The topological polar surface area (TPSA) is 72.8 Å². The van der Waals surface area contributed by atoms with E-state index in [1.54, 1.807) is 0 Å². The molecule has 0 amide bonds. The molecule has 0 aromatic heterocycles. The highest BCUT2D eigenvalue weighted by molar-refractivity contribution is 5.70. The van der Waals surface area contributed by atoms with Gasteiger partial charge in [-0.25, -0.2) is 0 Å². The quantitative estimate of drug-likeness (QED) is 0.0631. The van der Waals surface area contributed by atoms with Crippen LogP contribution in [-0.2, 0) is 19.1 Å². The van der Waals surface area contributed by atoms with Crippen LogP contribution in [0.25, 0.3) is 0 Å². The van der Waals surface area contributed by atoms with Crippen molar-refractivity contribution in [3.63, 3.8) is 0 Å². The molecule has 0 aliphatic carbocycles. The number of unbranched alkanes of at least 4 members (excludes halogenated alkanes) is 22. The van der Waals surface area contributed by atoms with E-state index in [9.17, 15) is 14.7 Å². The molecule has 1 N–H and O–H groups in total. The molecule has 0 saturated heterocycles. The number of ether oxygens (including phenoxy) is 2. The van der Waals surface area contributed by atoms with Crippen LogP contribution in [0.4, 0.5) is 0 Å². The van der Waals surface area contributed by atoms with Gasteiger partial charge in [-0.15, -0.1) is 0 Å². The fraction of sp³-hybridized carbons (Fsp3) is 0.944. The van der Waals surface area contributed by atoms with Gasteiger partial charge in [0.2, 0.25) is 0 Å². The predicted molar refractivity (Wildman–Crippen MR) is 173 cm³/mol. The summed E-state index contributed by atoms with van der Waals surface area (Å²) in [5, 5.41) is 9.51. The number of hydrogen-bond acceptors (Lipinski definition) is 5. The second kappa shape index (κ2) is 31.8. The zero-order valence-electron chi connectivity index (χ0n) is 27.7. The van der Waals surface area contributed by atoms with Crippen LogP contribution in [-0.4, -0.2) is 36.4 Å². The van der Waals surface area contributed by atoms with E-state index in [2.05, 4.69) is 20.8 Å². The van der Waals surface area contributed by atoms with Gasteiger partial charge in [0.25, 0.3) is 0 Å². The summed E-state index contributed by atoms with van der Waals surface area (Å²) in [4.78, 5) is 24.1. The number of aliphatic hydroxyl groups is 1. The molecule has 0 aliphatic rings. The average Bonchev–Trinajstić information content (AvgIpc) is 2.95. The number of carbonyl (C=O) groups is 2. The van der Waals surface area contributed by atoms with Crippen molar-refractivity contribution >= 4 is 11.9 Å². The van der Waals surface area contributed by atoms with Gasteiger partial charge in [0, 0.05) is 12.8 Å². The summed E-state index contributed by atoms with van der Waals surface area (Å²) in [5.74, 6) is 0.247. The maximum atomic E-state index is 12.1. The first-order chi connectivity index (χ1) is 20.0. The van der Waals surface area contributed by atoms with E-state index < -0.39 is 6.10 Å². The van der Waals surface area contributed by atoms with E-state index in [1.165, 1.54) is 122 Å². The Labute approximate surface area is 255 Å². The predicted octanol–water partition coefficient (Wildman–Crippen LogP) is 10.6. The third-order valence-corrected chi connectivity index (χ3v) is 8.08. The summed E-state index contributed by atoms with van der Waals surface area (Å²) >= 11 is 0. The number of hydrogen-bond donors (Lipinski definition) is 1. The van der Waals surface area contributed by atoms with Crippen LogP contribution >= 0.6 is 0 Å². The van der Waals surface area contributed by atoms with Crippen molar-refractivity contribution in [1.82, 2.24) is 0 Å². The Balaban J connectivity index is 3.53. The highest BCUT2D eigenvalue weighted by Gasteiger charge is 2.16. The minimum Gasteiger partial charge on any atom is -0.462 e. The van der Waals surface area contributed by atoms with Crippen LogP contribution in [0.1, 0.15) is 194 Å². The number of esters is 2. The van der Waals surface area contributed by atoms with E-state index >= 15 is 0 Å². The molecule has 0 aromatic rings. The molecule has 0 aliphatic heterocycles. The van der Waals surface area contributed by atoms with Crippen LogP contribution in [0.3, 0.4) is 0 Å². The van der Waals surface area contributed by atoms with Crippen molar-refractivity contribution in [1.29, 1.82) is 0 Å². The lowest BCUT2D eigenvalue weighted by molar-refractivity contribution is -0.161. The number of rotatable bonds is 32. The maximum Gasteiger partial charge on any atom is 0.306 e. The molecule has 0 spiro atoms. The van der Waals surface area contributed by atoms with Crippen molar-refractivity contribution in [3.8, 4) is 0 Å². The smallest absolute Gasteiger partial charge is 0.306 e. The molecule has 0 heterocycles. The second-order valence-corrected chi connectivity index (χ2v) is 12.8. The molecule has 1 atom stereocenters. The van der Waals surface area contributed by atoms with Crippen LogP contribution in [0.5, 0.6) is 0 Å². The van der Waals surface area contributed by atoms with Gasteiger partial charge in [-0.1, -0.05) is 168 Å². The van der Waals surface area contributed by atoms with Gasteiger partial charge < -0.3 is 14.6 Å². The zero-order valence-corrected chi connectivity index (χ0v) is 27.7. The SMILES string of the molecule is CCCCCCCCCCCCCCCCC(=O)O[C@@H](CO)COC(=O)CCCCCCCCCCCCC(C)C. The lowest BCUT2D eigenvalue weighted by atomic mass is 10.0. The molecule has 5 heteroatoms. The summed E-state index contributed by atoms with van der Waals surface area (Å²) in [7, 11) is 0. The first kappa shape index (κ1) is 39.9. The molecule has 0 radical (unpaired) electrons. The van der Waals surface area contributed by atoms with Gasteiger partial charge in [-0.05, 0) is 18.8 Å². The van der Waals surface area contributed by atoms with E-state index in [1.807, 2.05) is 0 Å². The van der Waals surface area contributed by atoms with Gasteiger partial charge in [0.1, 0.15) is 6.61 Å². The highest BCUT2D eigenvalue weighted by Crippen LogP contribution is 2.15. The molecule has 5 nitrogen and oxygen atoms in total. The molecule has 244 valence electrons. The molecular weight excluding hydrogens is 512 g/mol. The van der Waals surface area contributed by atoms with Crippen molar-refractivity contribution in [2.75, 3.05) is 13.2 Å². The average molecular weight is 583 g/mol. The molecule has 0 fully saturated rings. The monoisotopic (exact) mass is 583 g/mol. The lowest BCUT2D eigenvalue weighted by Gasteiger charge is -2.15. The Morgan fingerprint density at radius 3 is 1.29 bits per heavy atom. The van der Waals surface area contributed by atoms with E-state index in [0.717, 1.165) is 44.4 Å². The molecular formula is C36H70O5. The van der Waals surface area contributed by atoms with E-state index in [4.69, 9.17) is 9.47 Å². The standard InChI is InChI=1S/C36H70O5/c1-4-5-6-7-8-9-10-11-12-13-18-21-24-27-30-36(39)41-34(31-37)32-40-35(38)29-26-23-20-17-15-14-16-19-22-25-28-33(2)3/h33-34,37H,4-32H2,1-3H3/t34-/m0/s1. The van der Waals surface area contributed by atoms with Gasteiger partial charge in [0.15, 0.2) is 6.10 Å². The van der Waals surface area contributed by atoms with E-state index in [-0.39, 0.29) is 25.2 Å². The van der Waals surface area contributed by atoms with Gasteiger partial charge >= 0.3 is 11.9 Å². The minimum absolute atomic E-state index is 0.0585. The summed E-state index contributed by atoms with van der Waals surface area (Å²) in [5.41, 5.74) is 0. The van der Waals surface area contributed by atoms with Crippen molar-refractivity contribution in [3.05, 3.63) is 0 Å². The maximum absolute atomic E-state index is 12.1. The summed E-state index contributed by atoms with van der Waals surface area (Å²) < 4.78 is 10.6. The highest BCUT2D eigenvalue weighted by atomic mass is 16.6. The fourth-order valence-electron chi connectivity index (χ4n) is 5.33.